The molecule has 25 heavy (non-hydrogen) atoms. The molecule has 0 amide bonds. The lowest BCUT2D eigenvalue weighted by Crippen LogP contribution is -2.41. The van der Waals surface area contributed by atoms with E-state index in [9.17, 15) is 0 Å². The summed E-state index contributed by atoms with van der Waals surface area (Å²) >= 11 is 5.48. The number of nitrogens with one attached hydrogen (secondary N) is 1. The Bertz CT molecular complexity index is 550. The van der Waals surface area contributed by atoms with Gasteiger partial charge in [-0.2, -0.15) is 0 Å². The van der Waals surface area contributed by atoms with Crippen molar-refractivity contribution < 1.29 is 14.2 Å². The minimum atomic E-state index is 0.737. The van der Waals surface area contributed by atoms with E-state index in [4.69, 9.17) is 26.4 Å². The summed E-state index contributed by atoms with van der Waals surface area (Å²) in [7, 11) is 5.16. The van der Waals surface area contributed by atoms with Crippen molar-refractivity contribution in [2.75, 3.05) is 60.7 Å². The Morgan fingerprint density at radius 3 is 2.60 bits per heavy atom. The number of morpholine rings is 1. The molecule has 1 aliphatic rings. The van der Waals surface area contributed by atoms with Gasteiger partial charge in [0.1, 0.15) is 0 Å². The van der Waals surface area contributed by atoms with Crippen LogP contribution >= 0.6 is 12.2 Å². The minimum Gasteiger partial charge on any atom is -0.493 e. The van der Waals surface area contributed by atoms with E-state index in [1.54, 1.807) is 14.2 Å². The number of nitrogens with zero attached hydrogens (tertiary/aromatic N) is 2. The van der Waals surface area contributed by atoms with Gasteiger partial charge in [-0.25, -0.2) is 0 Å². The summed E-state index contributed by atoms with van der Waals surface area (Å²) < 4.78 is 16.1. The molecule has 0 unspecified atom stereocenters. The Kier molecular flexibility index (Phi) is 8.24. The molecular formula is C18H29N3O3S. The third-order valence-corrected chi connectivity index (χ3v) is 4.79. The molecule has 0 aliphatic carbocycles. The lowest BCUT2D eigenvalue weighted by atomic mass is 10.2. The van der Waals surface area contributed by atoms with Crippen molar-refractivity contribution in [1.82, 2.24) is 15.1 Å². The molecular weight excluding hydrogens is 338 g/mol. The Morgan fingerprint density at radius 1 is 1.24 bits per heavy atom. The summed E-state index contributed by atoms with van der Waals surface area (Å²) in [5.41, 5.74) is 1.14. The molecule has 1 aromatic rings. The van der Waals surface area contributed by atoms with Gasteiger partial charge in [-0.1, -0.05) is 6.07 Å². The fraction of sp³-hybridized carbons (Fsp3) is 0.611. The van der Waals surface area contributed by atoms with Crippen molar-refractivity contribution in [3.8, 4) is 11.5 Å². The average Bonchev–Trinajstić information content (AvgIpc) is 2.67. The van der Waals surface area contributed by atoms with E-state index in [1.807, 2.05) is 19.2 Å². The summed E-state index contributed by atoms with van der Waals surface area (Å²) in [6, 6.07) is 5.99. The maximum atomic E-state index is 5.48. The summed E-state index contributed by atoms with van der Waals surface area (Å²) in [4.78, 5) is 4.64. The highest BCUT2D eigenvalue weighted by Crippen LogP contribution is 2.28. The van der Waals surface area contributed by atoms with Gasteiger partial charge in [0.15, 0.2) is 16.6 Å². The zero-order valence-electron chi connectivity index (χ0n) is 15.4. The smallest absolute Gasteiger partial charge is 0.168 e. The van der Waals surface area contributed by atoms with Crippen molar-refractivity contribution in [3.05, 3.63) is 23.8 Å². The number of hydrogen-bond donors (Lipinski definition) is 1. The molecule has 1 fully saturated rings. The van der Waals surface area contributed by atoms with E-state index in [2.05, 4.69) is 21.2 Å². The van der Waals surface area contributed by atoms with Crippen molar-refractivity contribution in [2.45, 2.75) is 13.0 Å². The number of rotatable bonds is 8. The van der Waals surface area contributed by atoms with Gasteiger partial charge in [0, 0.05) is 39.8 Å². The second-order valence-electron chi connectivity index (χ2n) is 5.97. The van der Waals surface area contributed by atoms with Gasteiger partial charge >= 0.3 is 0 Å². The molecule has 0 spiro atoms. The number of thiocarbonyl (C=S) groups is 1. The van der Waals surface area contributed by atoms with Crippen LogP contribution in [0.25, 0.3) is 0 Å². The fourth-order valence-corrected chi connectivity index (χ4v) is 3.08. The lowest BCUT2D eigenvalue weighted by molar-refractivity contribution is 0.0367. The van der Waals surface area contributed by atoms with Crippen molar-refractivity contribution in [2.24, 2.45) is 0 Å². The molecule has 7 heteroatoms. The van der Waals surface area contributed by atoms with Crippen LogP contribution in [-0.2, 0) is 11.3 Å². The van der Waals surface area contributed by atoms with Crippen LogP contribution in [0.2, 0.25) is 0 Å². The van der Waals surface area contributed by atoms with E-state index in [1.165, 1.54) is 0 Å². The molecule has 140 valence electrons. The molecule has 0 saturated carbocycles. The molecule has 6 nitrogen and oxygen atoms in total. The fourth-order valence-electron chi connectivity index (χ4n) is 2.92. The third kappa shape index (κ3) is 6.02. The zero-order chi connectivity index (χ0) is 18.1. The quantitative estimate of drug-likeness (QED) is 0.702. The van der Waals surface area contributed by atoms with E-state index >= 15 is 0 Å². The van der Waals surface area contributed by atoms with Crippen molar-refractivity contribution in [3.63, 3.8) is 0 Å². The molecule has 1 saturated heterocycles. The van der Waals surface area contributed by atoms with Gasteiger partial charge < -0.3 is 24.4 Å². The first-order chi connectivity index (χ1) is 12.2. The predicted molar refractivity (Wildman–Crippen MR) is 103 cm³/mol. The van der Waals surface area contributed by atoms with Gasteiger partial charge in [-0.15, -0.1) is 0 Å². The molecule has 0 radical (unpaired) electrons. The van der Waals surface area contributed by atoms with Crippen LogP contribution in [0.4, 0.5) is 0 Å². The van der Waals surface area contributed by atoms with Crippen molar-refractivity contribution in [1.29, 1.82) is 0 Å². The zero-order valence-corrected chi connectivity index (χ0v) is 16.2. The first-order valence-electron chi connectivity index (χ1n) is 8.65. The molecule has 0 atom stereocenters. The van der Waals surface area contributed by atoms with Crippen LogP contribution in [0.1, 0.15) is 12.0 Å². The van der Waals surface area contributed by atoms with Crippen LogP contribution in [0.15, 0.2) is 18.2 Å². The number of hydrogen-bond acceptors (Lipinski definition) is 5. The molecule has 0 aromatic heterocycles. The Labute approximate surface area is 156 Å². The second kappa shape index (κ2) is 10.4. The number of benzene rings is 1. The van der Waals surface area contributed by atoms with E-state index in [-0.39, 0.29) is 0 Å². The summed E-state index contributed by atoms with van der Waals surface area (Å²) in [5, 5.41) is 3.85. The summed E-state index contributed by atoms with van der Waals surface area (Å²) in [5.74, 6) is 1.48. The average molecular weight is 368 g/mol. The molecule has 1 aliphatic heterocycles. The highest BCUT2D eigenvalue weighted by molar-refractivity contribution is 7.80. The van der Waals surface area contributed by atoms with Crippen LogP contribution in [-0.4, -0.2) is 75.6 Å². The maximum absolute atomic E-state index is 5.48. The highest BCUT2D eigenvalue weighted by atomic mass is 32.1. The lowest BCUT2D eigenvalue weighted by Gasteiger charge is -2.29. The third-order valence-electron chi connectivity index (χ3n) is 4.33. The molecule has 1 N–H and O–H groups in total. The Balaban J connectivity index is 1.93. The number of methoxy groups -OCH3 is 2. The standard InChI is InChI=1S/C18H29N3O3S/c1-19-18(25)21(8-4-7-20-9-11-24-12-10-20)14-15-5-6-16(22-2)17(13-15)23-3/h5-6,13H,4,7-12,14H2,1-3H3,(H,19,25). The van der Waals surface area contributed by atoms with Gasteiger partial charge in [0.05, 0.1) is 27.4 Å². The molecule has 1 heterocycles. The number of ether oxygens (including phenoxy) is 3. The summed E-state index contributed by atoms with van der Waals surface area (Å²) in [6.07, 6.45) is 1.06. The highest BCUT2D eigenvalue weighted by Gasteiger charge is 2.14. The van der Waals surface area contributed by atoms with Gasteiger partial charge in [0.25, 0.3) is 0 Å². The largest absolute Gasteiger partial charge is 0.493 e. The topological polar surface area (TPSA) is 46.2 Å². The first-order valence-corrected chi connectivity index (χ1v) is 9.06. The van der Waals surface area contributed by atoms with Gasteiger partial charge in [-0.05, 0) is 36.3 Å². The first kappa shape index (κ1) is 19.8. The monoisotopic (exact) mass is 367 g/mol. The van der Waals surface area contributed by atoms with Crippen LogP contribution in [0.5, 0.6) is 11.5 Å². The normalized spacial score (nSPS) is 14.8. The summed E-state index contributed by atoms with van der Waals surface area (Å²) in [6.45, 7) is 6.43. The maximum Gasteiger partial charge on any atom is 0.168 e. The van der Waals surface area contributed by atoms with Crippen LogP contribution in [0, 0.1) is 0 Å². The van der Waals surface area contributed by atoms with E-state index < -0.39 is 0 Å². The molecule has 1 aromatic carbocycles. The minimum absolute atomic E-state index is 0.737. The Hall–Kier alpha value is -1.57. The molecule has 2 rings (SSSR count). The second-order valence-corrected chi connectivity index (χ2v) is 6.36. The van der Waals surface area contributed by atoms with Crippen LogP contribution in [0.3, 0.4) is 0 Å². The predicted octanol–water partition coefficient (Wildman–Crippen LogP) is 1.73. The SMILES string of the molecule is CNC(=S)N(CCCN1CCOCC1)Cc1ccc(OC)c(OC)c1. The van der Waals surface area contributed by atoms with E-state index in [0.29, 0.717) is 0 Å². The Morgan fingerprint density at radius 2 is 1.96 bits per heavy atom. The van der Waals surface area contributed by atoms with E-state index in [0.717, 1.165) is 74.5 Å². The molecule has 0 bridgehead atoms. The van der Waals surface area contributed by atoms with Gasteiger partial charge in [-0.3, -0.25) is 4.90 Å². The van der Waals surface area contributed by atoms with Crippen LogP contribution < -0.4 is 14.8 Å². The van der Waals surface area contributed by atoms with Gasteiger partial charge in [0.2, 0.25) is 0 Å². The van der Waals surface area contributed by atoms with Crippen molar-refractivity contribution >= 4 is 17.3 Å².